The molecule has 9 nitrogen and oxygen atoms in total. The maximum absolute atomic E-state index is 12.4. The Hall–Kier alpha value is -3.79. The Morgan fingerprint density at radius 3 is 2.65 bits per heavy atom. The average Bonchev–Trinajstić information content (AvgIpc) is 3.55. The molecule has 1 fully saturated rings. The molecule has 0 N–H and O–H groups in total. The third-order valence-electron chi connectivity index (χ3n) is 6.07. The molecule has 172 valence electrons. The number of nitrogens with zero attached hydrogens (tertiary/aromatic N) is 7. The third kappa shape index (κ3) is 4.01. The van der Waals surface area contributed by atoms with Crippen molar-refractivity contribution in [2.45, 2.75) is 32.3 Å². The van der Waals surface area contributed by atoms with Gasteiger partial charge in [0.15, 0.2) is 11.5 Å². The van der Waals surface area contributed by atoms with E-state index in [1.54, 1.807) is 20.8 Å². The highest BCUT2D eigenvalue weighted by molar-refractivity contribution is 7.20. The zero-order chi connectivity index (χ0) is 23.1. The van der Waals surface area contributed by atoms with Crippen LogP contribution >= 0.6 is 11.3 Å². The Kier molecular flexibility index (Phi) is 5.21. The summed E-state index contributed by atoms with van der Waals surface area (Å²) in [5, 5.41) is 9.39. The summed E-state index contributed by atoms with van der Waals surface area (Å²) >= 11 is 1.57. The number of hydrogen-bond acceptors (Lipinski definition) is 7. The molecular formula is C24H23N7O2S. The van der Waals surface area contributed by atoms with E-state index in [2.05, 4.69) is 10.1 Å². The minimum Gasteiger partial charge on any atom is -0.445 e. The number of fused-ring (bicyclic) bond motifs is 2. The summed E-state index contributed by atoms with van der Waals surface area (Å²) in [5.74, 6) is 1.07. The maximum atomic E-state index is 12.4. The van der Waals surface area contributed by atoms with Crippen molar-refractivity contribution >= 4 is 28.0 Å². The van der Waals surface area contributed by atoms with Crippen LogP contribution in [-0.4, -0.2) is 53.3 Å². The molecule has 1 saturated heterocycles. The first-order valence-corrected chi connectivity index (χ1v) is 12.1. The minimum atomic E-state index is -0.261. The van der Waals surface area contributed by atoms with Gasteiger partial charge in [-0.15, -0.1) is 0 Å². The topological polar surface area (TPSA) is 89.9 Å². The molecule has 6 rings (SSSR count). The second-order valence-corrected chi connectivity index (χ2v) is 9.51. The summed E-state index contributed by atoms with van der Waals surface area (Å²) in [5.41, 5.74) is 3.62. The maximum Gasteiger partial charge on any atom is 0.410 e. The Morgan fingerprint density at radius 2 is 1.85 bits per heavy atom. The number of thiazole rings is 1. The molecular weight excluding hydrogens is 450 g/mol. The zero-order valence-electron chi connectivity index (χ0n) is 18.7. The summed E-state index contributed by atoms with van der Waals surface area (Å²) in [4.78, 5) is 25.3. The first-order chi connectivity index (χ1) is 16.6. The highest BCUT2D eigenvalue weighted by Crippen LogP contribution is 2.30. The Labute approximate surface area is 199 Å². The van der Waals surface area contributed by atoms with Gasteiger partial charge in [0.05, 0.1) is 23.0 Å². The molecule has 5 heterocycles. The molecule has 0 saturated carbocycles. The molecule has 1 aliphatic rings. The van der Waals surface area contributed by atoms with Crippen molar-refractivity contribution in [3.8, 4) is 10.6 Å². The van der Waals surface area contributed by atoms with E-state index < -0.39 is 0 Å². The number of rotatable bonds is 4. The third-order valence-corrected chi connectivity index (χ3v) is 7.07. The second-order valence-electron chi connectivity index (χ2n) is 8.50. The summed E-state index contributed by atoms with van der Waals surface area (Å²) in [6.07, 6.45) is 5.28. The fourth-order valence-electron chi connectivity index (χ4n) is 4.27. The van der Waals surface area contributed by atoms with Gasteiger partial charge in [0.25, 0.3) is 0 Å². The largest absolute Gasteiger partial charge is 0.445 e. The predicted molar refractivity (Wildman–Crippen MR) is 128 cm³/mol. The SMILES string of the molecule is Cc1cn2nc(-c3cn4nc(C5CCN(C(=O)OCc6ccccc6)CC5)nc4s3)ccc2n1. The lowest BCUT2D eigenvalue weighted by molar-refractivity contribution is 0.0866. The quantitative estimate of drug-likeness (QED) is 0.386. The first kappa shape index (κ1) is 20.8. The Morgan fingerprint density at radius 1 is 1.03 bits per heavy atom. The van der Waals surface area contributed by atoms with Crippen LogP contribution < -0.4 is 0 Å². The second kappa shape index (κ2) is 8.53. The minimum absolute atomic E-state index is 0.233. The van der Waals surface area contributed by atoms with Crippen molar-refractivity contribution in [3.63, 3.8) is 0 Å². The van der Waals surface area contributed by atoms with Crippen molar-refractivity contribution in [2.75, 3.05) is 13.1 Å². The van der Waals surface area contributed by atoms with E-state index in [0.717, 1.165) is 51.1 Å². The first-order valence-electron chi connectivity index (χ1n) is 11.3. The fourth-order valence-corrected chi connectivity index (χ4v) is 5.16. The standard InChI is InChI=1S/C24H23N7O2S/c1-16-13-30-21(25-16)8-7-19(27-30)20-14-31-23(34-20)26-22(28-31)18-9-11-29(12-10-18)24(32)33-15-17-5-3-2-4-6-17/h2-8,13-14,18H,9-12,15H2,1H3. The highest BCUT2D eigenvalue weighted by atomic mass is 32.1. The van der Waals surface area contributed by atoms with Crippen molar-refractivity contribution in [3.05, 3.63) is 71.9 Å². The lowest BCUT2D eigenvalue weighted by Gasteiger charge is -2.30. The van der Waals surface area contributed by atoms with Crippen molar-refractivity contribution in [1.82, 2.24) is 34.1 Å². The van der Waals surface area contributed by atoms with Crippen LogP contribution in [0.2, 0.25) is 0 Å². The van der Waals surface area contributed by atoms with Gasteiger partial charge >= 0.3 is 6.09 Å². The van der Waals surface area contributed by atoms with E-state index >= 15 is 0 Å². The van der Waals surface area contributed by atoms with E-state index in [1.807, 2.05) is 66.3 Å². The number of amides is 1. The molecule has 0 unspecified atom stereocenters. The van der Waals surface area contributed by atoms with Gasteiger partial charge in [-0.25, -0.2) is 23.8 Å². The number of carbonyl (C=O) groups excluding carboxylic acids is 1. The van der Waals surface area contributed by atoms with Crippen LogP contribution in [0.15, 0.2) is 54.9 Å². The van der Waals surface area contributed by atoms with Gasteiger partial charge in [-0.3, -0.25) is 0 Å². The number of likely N-dealkylation sites (tertiary alicyclic amines) is 1. The Bertz CT molecular complexity index is 1430. The number of hydrogen-bond donors (Lipinski definition) is 0. The van der Waals surface area contributed by atoms with Gasteiger partial charge < -0.3 is 9.64 Å². The molecule has 1 amide bonds. The number of imidazole rings is 1. The van der Waals surface area contributed by atoms with Crippen LogP contribution in [0.1, 0.15) is 35.8 Å². The molecule has 10 heteroatoms. The molecule has 1 aromatic carbocycles. The monoisotopic (exact) mass is 473 g/mol. The van der Waals surface area contributed by atoms with Gasteiger partial charge in [0.1, 0.15) is 12.3 Å². The van der Waals surface area contributed by atoms with E-state index in [4.69, 9.17) is 14.8 Å². The lowest BCUT2D eigenvalue weighted by atomic mass is 9.96. The van der Waals surface area contributed by atoms with Crippen molar-refractivity contribution in [2.24, 2.45) is 0 Å². The van der Waals surface area contributed by atoms with Crippen LogP contribution in [0.4, 0.5) is 4.79 Å². The van der Waals surface area contributed by atoms with Crippen molar-refractivity contribution in [1.29, 1.82) is 0 Å². The van der Waals surface area contributed by atoms with E-state index in [9.17, 15) is 4.79 Å². The summed E-state index contributed by atoms with van der Waals surface area (Å²) in [6.45, 7) is 3.54. The molecule has 0 spiro atoms. The lowest BCUT2D eigenvalue weighted by Crippen LogP contribution is -2.38. The number of ether oxygens (including phenoxy) is 1. The number of piperidine rings is 1. The van der Waals surface area contributed by atoms with Crippen LogP contribution in [0, 0.1) is 6.92 Å². The summed E-state index contributed by atoms with van der Waals surface area (Å²) in [6, 6.07) is 13.7. The molecule has 5 aromatic rings. The Balaban J connectivity index is 1.10. The molecule has 0 bridgehead atoms. The summed E-state index contributed by atoms with van der Waals surface area (Å²) in [7, 11) is 0. The van der Waals surface area contributed by atoms with Crippen LogP contribution in [0.5, 0.6) is 0 Å². The molecule has 1 aliphatic heterocycles. The van der Waals surface area contributed by atoms with E-state index in [0.29, 0.717) is 19.7 Å². The van der Waals surface area contributed by atoms with Gasteiger partial charge in [-0.2, -0.15) is 10.2 Å². The number of aromatic nitrogens is 6. The molecule has 0 aliphatic carbocycles. The molecule has 34 heavy (non-hydrogen) atoms. The zero-order valence-corrected chi connectivity index (χ0v) is 19.5. The molecule has 0 atom stereocenters. The van der Waals surface area contributed by atoms with Crippen molar-refractivity contribution < 1.29 is 9.53 Å². The number of carbonyl (C=O) groups is 1. The van der Waals surface area contributed by atoms with Gasteiger partial charge in [0.2, 0.25) is 4.96 Å². The van der Waals surface area contributed by atoms with E-state index in [1.165, 1.54) is 0 Å². The van der Waals surface area contributed by atoms with Crippen LogP contribution in [-0.2, 0) is 11.3 Å². The average molecular weight is 474 g/mol. The van der Waals surface area contributed by atoms with Crippen LogP contribution in [0.3, 0.4) is 0 Å². The smallest absolute Gasteiger partial charge is 0.410 e. The van der Waals surface area contributed by atoms with Gasteiger partial charge in [0, 0.05) is 19.0 Å². The fraction of sp³-hybridized carbons (Fsp3) is 0.292. The van der Waals surface area contributed by atoms with Crippen LogP contribution in [0.25, 0.3) is 21.2 Å². The predicted octanol–water partition coefficient (Wildman–Crippen LogP) is 4.33. The highest BCUT2D eigenvalue weighted by Gasteiger charge is 2.27. The number of benzene rings is 1. The normalized spacial score (nSPS) is 14.8. The molecule has 0 radical (unpaired) electrons. The number of aryl methyl sites for hydroxylation is 1. The van der Waals surface area contributed by atoms with Gasteiger partial charge in [-0.1, -0.05) is 41.7 Å². The summed E-state index contributed by atoms with van der Waals surface area (Å²) < 4.78 is 9.10. The van der Waals surface area contributed by atoms with Gasteiger partial charge in [-0.05, 0) is 37.5 Å². The van der Waals surface area contributed by atoms with E-state index in [-0.39, 0.29) is 12.0 Å². The molecule has 4 aromatic heterocycles.